The highest BCUT2D eigenvalue weighted by Crippen LogP contribution is 2.23. The number of aryl methyl sites for hydroxylation is 1. The molecular weight excluding hydrogens is 246 g/mol. The van der Waals surface area contributed by atoms with Crippen LogP contribution in [0.15, 0.2) is 12.3 Å². The molecule has 1 aromatic rings. The highest BCUT2D eigenvalue weighted by atomic mass is 32.2. The Morgan fingerprint density at radius 1 is 1.67 bits per heavy atom. The Hall–Kier alpha value is -1.10. The fourth-order valence-electron chi connectivity index (χ4n) is 2.31. The first kappa shape index (κ1) is 13.3. The molecule has 0 spiro atoms. The number of carbonyl (C=O) groups is 1. The van der Waals surface area contributed by atoms with Gasteiger partial charge in [0.15, 0.2) is 0 Å². The molecule has 0 saturated carbocycles. The van der Waals surface area contributed by atoms with Crippen molar-refractivity contribution >= 4 is 23.4 Å². The summed E-state index contributed by atoms with van der Waals surface area (Å²) in [6.45, 7) is 2.94. The van der Waals surface area contributed by atoms with Crippen LogP contribution in [0, 0.1) is 0 Å². The quantitative estimate of drug-likeness (QED) is 0.908. The summed E-state index contributed by atoms with van der Waals surface area (Å²) < 4.78 is 1.97. The van der Waals surface area contributed by atoms with Crippen molar-refractivity contribution < 1.29 is 4.79 Å². The number of amides is 1. The average molecular weight is 267 g/mol. The summed E-state index contributed by atoms with van der Waals surface area (Å²) in [7, 11) is 1.90. The van der Waals surface area contributed by atoms with E-state index in [4.69, 9.17) is 5.73 Å². The first-order valence-corrected chi connectivity index (χ1v) is 7.59. The summed E-state index contributed by atoms with van der Waals surface area (Å²) in [4.78, 5) is 14.4. The number of aromatic nitrogens is 1. The van der Waals surface area contributed by atoms with Gasteiger partial charge in [-0.2, -0.15) is 11.8 Å². The number of nitrogens with zero attached hydrogens (tertiary/aromatic N) is 2. The van der Waals surface area contributed by atoms with Gasteiger partial charge in [0.05, 0.1) is 5.69 Å². The predicted octanol–water partition coefficient (Wildman–Crippen LogP) is 2.06. The van der Waals surface area contributed by atoms with Gasteiger partial charge in [0.25, 0.3) is 5.91 Å². The molecule has 0 radical (unpaired) electrons. The van der Waals surface area contributed by atoms with Crippen LogP contribution >= 0.6 is 11.8 Å². The summed E-state index contributed by atoms with van der Waals surface area (Å²) >= 11 is 1.92. The summed E-state index contributed by atoms with van der Waals surface area (Å²) in [5, 5.41) is 0. The molecule has 2 heterocycles. The van der Waals surface area contributed by atoms with E-state index in [9.17, 15) is 4.79 Å². The van der Waals surface area contributed by atoms with E-state index in [1.807, 2.05) is 34.5 Å². The normalized spacial score (nSPS) is 19.1. The lowest BCUT2D eigenvalue weighted by Gasteiger charge is -2.24. The molecule has 1 aromatic heterocycles. The smallest absolute Gasteiger partial charge is 0.270 e. The van der Waals surface area contributed by atoms with Gasteiger partial charge in [0.2, 0.25) is 0 Å². The molecule has 2 rings (SSSR count). The van der Waals surface area contributed by atoms with E-state index in [1.54, 1.807) is 6.07 Å². The lowest BCUT2D eigenvalue weighted by atomic mass is 10.2. The van der Waals surface area contributed by atoms with Gasteiger partial charge in [0, 0.05) is 31.6 Å². The fraction of sp³-hybridized carbons (Fsp3) is 0.615. The second kappa shape index (κ2) is 5.69. The Kier molecular flexibility index (Phi) is 4.22. The first-order valence-electron chi connectivity index (χ1n) is 6.44. The summed E-state index contributed by atoms with van der Waals surface area (Å²) in [5.41, 5.74) is 7.19. The zero-order valence-electron chi connectivity index (χ0n) is 11.1. The molecule has 0 aliphatic carbocycles. The van der Waals surface area contributed by atoms with Crippen molar-refractivity contribution in [2.24, 2.45) is 0 Å². The van der Waals surface area contributed by atoms with E-state index < -0.39 is 0 Å². The molecule has 1 atom stereocenters. The van der Waals surface area contributed by atoms with Gasteiger partial charge in [-0.15, -0.1) is 0 Å². The molecule has 0 bridgehead atoms. The number of hydrogen-bond donors (Lipinski definition) is 1. The molecule has 0 aromatic carbocycles. The summed E-state index contributed by atoms with van der Waals surface area (Å²) in [6, 6.07) is 2.16. The van der Waals surface area contributed by atoms with Crippen LogP contribution in [-0.2, 0) is 6.54 Å². The molecule has 5 heteroatoms. The lowest BCUT2D eigenvalue weighted by Crippen LogP contribution is -2.37. The van der Waals surface area contributed by atoms with Gasteiger partial charge < -0.3 is 15.2 Å². The zero-order chi connectivity index (χ0) is 13.1. The van der Waals surface area contributed by atoms with Crippen molar-refractivity contribution in [3.05, 3.63) is 18.0 Å². The largest absolute Gasteiger partial charge is 0.397 e. The third kappa shape index (κ3) is 2.66. The fourth-order valence-corrected chi connectivity index (χ4v) is 3.58. The van der Waals surface area contributed by atoms with Gasteiger partial charge in [-0.1, -0.05) is 6.92 Å². The Morgan fingerprint density at radius 2 is 2.44 bits per heavy atom. The topological polar surface area (TPSA) is 51.3 Å². The van der Waals surface area contributed by atoms with Crippen LogP contribution in [0.2, 0.25) is 0 Å². The summed E-state index contributed by atoms with van der Waals surface area (Å²) in [5.74, 6) is 2.29. The average Bonchev–Trinajstić information content (AvgIpc) is 2.97. The molecule has 1 fully saturated rings. The molecule has 1 saturated heterocycles. The minimum Gasteiger partial charge on any atom is -0.397 e. The number of carbonyl (C=O) groups excluding carboxylic acids is 1. The van der Waals surface area contributed by atoms with Crippen LogP contribution in [0.5, 0.6) is 0 Å². The third-order valence-corrected chi connectivity index (χ3v) is 4.52. The first-order chi connectivity index (χ1) is 8.63. The second-order valence-electron chi connectivity index (χ2n) is 4.79. The van der Waals surface area contributed by atoms with E-state index in [0.29, 0.717) is 17.4 Å². The number of hydrogen-bond acceptors (Lipinski definition) is 3. The van der Waals surface area contributed by atoms with Crippen molar-refractivity contribution in [1.82, 2.24) is 9.47 Å². The van der Waals surface area contributed by atoms with Crippen LogP contribution in [-0.4, -0.2) is 40.0 Å². The van der Waals surface area contributed by atoms with E-state index in [0.717, 1.165) is 30.9 Å². The second-order valence-corrected chi connectivity index (χ2v) is 5.94. The number of rotatable bonds is 4. The van der Waals surface area contributed by atoms with Gasteiger partial charge in [-0.3, -0.25) is 4.79 Å². The molecule has 1 unspecified atom stereocenters. The molecule has 18 heavy (non-hydrogen) atoms. The molecule has 100 valence electrons. The molecule has 1 amide bonds. The van der Waals surface area contributed by atoms with Crippen molar-refractivity contribution in [3.63, 3.8) is 0 Å². The standard InChI is InChI=1S/C13H21N3OS/c1-3-5-16-8-10(14)7-12(16)13(17)15(2)11-4-6-18-9-11/h7-8,11H,3-6,9,14H2,1-2H3. The lowest BCUT2D eigenvalue weighted by molar-refractivity contribution is 0.0737. The number of thioether (sulfide) groups is 1. The van der Waals surface area contributed by atoms with Gasteiger partial charge >= 0.3 is 0 Å². The van der Waals surface area contributed by atoms with Crippen molar-refractivity contribution in [3.8, 4) is 0 Å². The number of anilines is 1. The molecule has 1 aliphatic rings. The molecule has 4 nitrogen and oxygen atoms in total. The Labute approximate surface area is 113 Å². The third-order valence-electron chi connectivity index (χ3n) is 3.38. The van der Waals surface area contributed by atoms with Crippen LogP contribution in [0.25, 0.3) is 0 Å². The van der Waals surface area contributed by atoms with E-state index in [1.165, 1.54) is 0 Å². The van der Waals surface area contributed by atoms with Gasteiger partial charge in [-0.25, -0.2) is 0 Å². The van der Waals surface area contributed by atoms with E-state index in [-0.39, 0.29) is 5.91 Å². The highest BCUT2D eigenvalue weighted by molar-refractivity contribution is 7.99. The summed E-state index contributed by atoms with van der Waals surface area (Å²) in [6.07, 6.45) is 3.95. The van der Waals surface area contributed by atoms with Crippen molar-refractivity contribution in [2.75, 3.05) is 24.3 Å². The van der Waals surface area contributed by atoms with E-state index >= 15 is 0 Å². The maximum absolute atomic E-state index is 12.5. The van der Waals surface area contributed by atoms with Crippen molar-refractivity contribution in [2.45, 2.75) is 32.4 Å². The van der Waals surface area contributed by atoms with Gasteiger partial charge in [0.1, 0.15) is 5.69 Å². The predicted molar refractivity (Wildman–Crippen MR) is 77.0 cm³/mol. The minimum atomic E-state index is 0.0904. The van der Waals surface area contributed by atoms with E-state index in [2.05, 4.69) is 6.92 Å². The number of nitrogens with two attached hydrogens (primary N) is 1. The zero-order valence-corrected chi connectivity index (χ0v) is 11.9. The maximum Gasteiger partial charge on any atom is 0.270 e. The van der Waals surface area contributed by atoms with Crippen LogP contribution in [0.3, 0.4) is 0 Å². The Morgan fingerprint density at radius 3 is 3.06 bits per heavy atom. The molecular formula is C13H21N3OS. The highest BCUT2D eigenvalue weighted by Gasteiger charge is 2.26. The van der Waals surface area contributed by atoms with Gasteiger partial charge in [-0.05, 0) is 24.7 Å². The van der Waals surface area contributed by atoms with Crippen LogP contribution < -0.4 is 5.73 Å². The minimum absolute atomic E-state index is 0.0904. The van der Waals surface area contributed by atoms with Crippen LogP contribution in [0.1, 0.15) is 30.3 Å². The van der Waals surface area contributed by atoms with Crippen molar-refractivity contribution in [1.29, 1.82) is 0 Å². The monoisotopic (exact) mass is 267 g/mol. The van der Waals surface area contributed by atoms with Crippen LogP contribution in [0.4, 0.5) is 5.69 Å². The Bertz CT molecular complexity index is 424. The maximum atomic E-state index is 12.5. The molecule has 2 N–H and O–H groups in total. The SMILES string of the molecule is CCCn1cc(N)cc1C(=O)N(C)C1CCSC1. The Balaban J connectivity index is 2.16. The molecule has 1 aliphatic heterocycles. The number of nitrogen functional groups attached to an aromatic ring is 1.